The van der Waals surface area contributed by atoms with Crippen LogP contribution in [0, 0.1) is 0 Å². The van der Waals surface area contributed by atoms with Gasteiger partial charge in [0.25, 0.3) is 0 Å². The van der Waals surface area contributed by atoms with Gasteiger partial charge in [0, 0.05) is 0 Å². The van der Waals surface area contributed by atoms with Crippen LogP contribution in [0.2, 0.25) is 0 Å². The van der Waals surface area contributed by atoms with E-state index in [-0.39, 0.29) is 9.93 Å². The zero-order valence-corrected chi connectivity index (χ0v) is 6.10. The van der Waals surface area contributed by atoms with Gasteiger partial charge in [0.1, 0.15) is 0 Å². The summed E-state index contributed by atoms with van der Waals surface area (Å²) in [6, 6.07) is 0. The molecule has 0 spiro atoms. The minimum atomic E-state index is 0.118. The predicted octanol–water partition coefficient (Wildman–Crippen LogP) is 1.87. The first kappa shape index (κ1) is 6.70. The summed E-state index contributed by atoms with van der Waals surface area (Å²) in [4.78, 5) is 0. The van der Waals surface area contributed by atoms with Crippen molar-refractivity contribution in [1.29, 1.82) is 0 Å². The zero-order chi connectivity index (χ0) is 4.99. The van der Waals surface area contributed by atoms with Crippen molar-refractivity contribution < 1.29 is 0 Å². The molecule has 0 radical (unpaired) electrons. The fourth-order valence-corrected chi connectivity index (χ4v) is 0.671. The van der Waals surface area contributed by atoms with Crippen LogP contribution in [0.5, 0.6) is 0 Å². The van der Waals surface area contributed by atoms with Crippen LogP contribution in [-0.2, 0) is 0 Å². The largest absolute Gasteiger partial charge is 0.208 e. The maximum absolute atomic E-state index is 4.29. The smallest absolute Gasteiger partial charge is 0.0198 e. The van der Waals surface area contributed by atoms with Gasteiger partial charge in [-0.05, 0) is 11.5 Å². The van der Waals surface area contributed by atoms with Gasteiger partial charge in [-0.15, -0.1) is 11.7 Å². The van der Waals surface area contributed by atoms with Crippen LogP contribution in [0.15, 0.2) is 0 Å². The van der Waals surface area contributed by atoms with Gasteiger partial charge in [0.2, 0.25) is 0 Å². The molecule has 40 valence electrons. The molecule has 0 saturated carbocycles. The molecular formula is C4H12S2. The van der Waals surface area contributed by atoms with E-state index < -0.39 is 0 Å². The van der Waals surface area contributed by atoms with Crippen molar-refractivity contribution in [1.82, 2.24) is 0 Å². The Morgan fingerprint density at radius 1 is 1.33 bits per heavy atom. The fraction of sp³-hybridized carbons (Fsp3) is 1.00. The number of rotatable bonds is 2. The summed E-state index contributed by atoms with van der Waals surface area (Å²) in [6.45, 7) is 4.37. The topological polar surface area (TPSA) is 0 Å². The highest BCUT2D eigenvalue weighted by Gasteiger charge is 1.83. The van der Waals surface area contributed by atoms with Crippen molar-refractivity contribution in [3.05, 3.63) is 0 Å². The third-order valence-corrected chi connectivity index (χ3v) is 3.89. The van der Waals surface area contributed by atoms with Gasteiger partial charge in [0.05, 0.1) is 0 Å². The Hall–Kier alpha value is 0.700. The highest BCUT2D eigenvalue weighted by atomic mass is 33.1. The number of hydrogen-bond donors (Lipinski definition) is 2. The molecule has 0 aliphatic carbocycles. The van der Waals surface area contributed by atoms with Gasteiger partial charge < -0.3 is 0 Å². The Bertz CT molecular complexity index is 24.7. The minimum Gasteiger partial charge on any atom is -0.208 e. The Balaban J connectivity index is 2.75. The zero-order valence-electron chi connectivity index (χ0n) is 4.31. The van der Waals surface area contributed by atoms with Gasteiger partial charge in [0.15, 0.2) is 0 Å². The first-order valence-electron chi connectivity index (χ1n) is 2.25. The van der Waals surface area contributed by atoms with Gasteiger partial charge in [-0.2, -0.15) is 0 Å². The summed E-state index contributed by atoms with van der Waals surface area (Å²) in [5, 5.41) is 0. The van der Waals surface area contributed by atoms with Crippen molar-refractivity contribution in [2.24, 2.45) is 0 Å². The van der Waals surface area contributed by atoms with E-state index in [1.807, 2.05) is 0 Å². The molecule has 0 aromatic rings. The summed E-state index contributed by atoms with van der Waals surface area (Å²) in [7, 11) is 0.118. The summed E-state index contributed by atoms with van der Waals surface area (Å²) in [6.07, 6.45) is 0. The highest BCUT2D eigenvalue weighted by molar-refractivity contribution is 8.78. The van der Waals surface area contributed by atoms with Crippen LogP contribution in [0.25, 0.3) is 0 Å². The SMILES string of the molecule is CC[SH](S)CC. The van der Waals surface area contributed by atoms with Crippen molar-refractivity contribution in [3.8, 4) is 0 Å². The minimum absolute atomic E-state index is 0.118. The molecule has 0 aromatic carbocycles. The average molecular weight is 124 g/mol. The molecule has 0 aliphatic heterocycles. The van der Waals surface area contributed by atoms with Crippen LogP contribution in [0.3, 0.4) is 0 Å². The van der Waals surface area contributed by atoms with Crippen LogP contribution in [0.4, 0.5) is 0 Å². The first-order valence-corrected chi connectivity index (χ1v) is 5.11. The lowest BCUT2D eigenvalue weighted by Crippen LogP contribution is -1.74. The van der Waals surface area contributed by atoms with Crippen molar-refractivity contribution >= 4 is 21.6 Å². The molecule has 0 saturated heterocycles. The molecule has 0 N–H and O–H groups in total. The van der Waals surface area contributed by atoms with Crippen LogP contribution < -0.4 is 0 Å². The molecule has 0 aromatic heterocycles. The molecule has 0 rings (SSSR count). The molecule has 0 nitrogen and oxygen atoms in total. The monoisotopic (exact) mass is 124 g/mol. The molecule has 0 heterocycles. The number of thiol groups is 2. The highest BCUT2D eigenvalue weighted by Crippen LogP contribution is 2.27. The first-order chi connectivity index (χ1) is 2.81. The maximum Gasteiger partial charge on any atom is -0.0198 e. The molecule has 0 unspecified atom stereocenters. The predicted molar refractivity (Wildman–Crippen MR) is 39.1 cm³/mol. The maximum atomic E-state index is 4.29. The van der Waals surface area contributed by atoms with E-state index in [4.69, 9.17) is 0 Å². The van der Waals surface area contributed by atoms with Gasteiger partial charge in [-0.25, -0.2) is 9.93 Å². The van der Waals surface area contributed by atoms with E-state index >= 15 is 0 Å². The van der Waals surface area contributed by atoms with Crippen molar-refractivity contribution in [3.63, 3.8) is 0 Å². The Labute approximate surface area is 47.5 Å². The quantitative estimate of drug-likeness (QED) is 0.407. The van der Waals surface area contributed by atoms with E-state index in [0.717, 1.165) is 0 Å². The van der Waals surface area contributed by atoms with E-state index in [1.54, 1.807) is 0 Å². The summed E-state index contributed by atoms with van der Waals surface area (Å²) in [5.74, 6) is 2.52. The molecule has 0 atom stereocenters. The second-order valence-corrected chi connectivity index (χ2v) is 5.11. The van der Waals surface area contributed by atoms with Crippen molar-refractivity contribution in [2.75, 3.05) is 11.5 Å². The lowest BCUT2D eigenvalue weighted by atomic mass is 11.0. The molecule has 2 heteroatoms. The van der Waals surface area contributed by atoms with E-state index in [9.17, 15) is 0 Å². The summed E-state index contributed by atoms with van der Waals surface area (Å²) < 4.78 is 0. The van der Waals surface area contributed by atoms with E-state index in [1.165, 1.54) is 11.5 Å². The molecule has 0 amide bonds. The second-order valence-electron chi connectivity index (χ2n) is 1.14. The van der Waals surface area contributed by atoms with Crippen LogP contribution in [0.1, 0.15) is 13.8 Å². The molecule has 0 aliphatic rings. The van der Waals surface area contributed by atoms with Gasteiger partial charge in [-0.3, -0.25) is 0 Å². The fourth-order valence-electron chi connectivity index (χ4n) is 0.224. The second kappa shape index (κ2) is 3.88. The average Bonchev–Trinajstić information content (AvgIpc) is 1.65. The Kier molecular flexibility index (Phi) is 4.33. The standard InChI is InChI=1S/C4H12S2/c1-3-6(5)4-2/h5-6H,3-4H2,1-2H3. The third kappa shape index (κ3) is 2.91. The van der Waals surface area contributed by atoms with Gasteiger partial charge in [-0.1, -0.05) is 13.8 Å². The van der Waals surface area contributed by atoms with Crippen molar-refractivity contribution in [2.45, 2.75) is 13.8 Å². The lowest BCUT2D eigenvalue weighted by molar-refractivity contribution is 1.46. The summed E-state index contributed by atoms with van der Waals surface area (Å²) >= 11 is 4.29. The normalized spacial score (nSPS) is 11.5. The molecular weight excluding hydrogens is 112 g/mol. The van der Waals surface area contributed by atoms with Crippen LogP contribution in [-0.4, -0.2) is 11.5 Å². The molecule has 0 fully saturated rings. The lowest BCUT2D eigenvalue weighted by Gasteiger charge is -2.04. The summed E-state index contributed by atoms with van der Waals surface area (Å²) in [5.41, 5.74) is 0. The Morgan fingerprint density at radius 3 is 1.67 bits per heavy atom. The van der Waals surface area contributed by atoms with E-state index in [0.29, 0.717) is 0 Å². The van der Waals surface area contributed by atoms with E-state index in [2.05, 4.69) is 25.5 Å². The molecule has 0 bridgehead atoms. The third-order valence-electron chi connectivity index (χ3n) is 0.730. The Morgan fingerprint density at radius 2 is 1.67 bits per heavy atom. The number of hydrogen-bond acceptors (Lipinski definition) is 1. The molecule has 6 heavy (non-hydrogen) atoms. The van der Waals surface area contributed by atoms with Gasteiger partial charge >= 0.3 is 0 Å². The van der Waals surface area contributed by atoms with Crippen LogP contribution >= 0.6 is 21.6 Å².